The Morgan fingerprint density at radius 1 is 0.708 bits per heavy atom. The molecular weight excluding hydrogens is 296 g/mol. The minimum absolute atomic E-state index is 0.0476. The van der Waals surface area contributed by atoms with Gasteiger partial charge in [0.1, 0.15) is 11.5 Å². The quantitative estimate of drug-likeness (QED) is 0.682. The fourth-order valence-corrected chi connectivity index (χ4v) is 2.80. The predicted molar refractivity (Wildman–Crippen MR) is 98.1 cm³/mol. The lowest BCUT2D eigenvalue weighted by molar-refractivity contribution is 0.475. The molecule has 3 rings (SSSR count). The zero-order chi connectivity index (χ0) is 16.9. The largest absolute Gasteiger partial charge is 0.508 e. The number of phenols is 2. The first-order chi connectivity index (χ1) is 11.6. The van der Waals surface area contributed by atoms with Crippen LogP contribution in [0.15, 0.2) is 84.9 Å². The molecule has 0 saturated heterocycles. The van der Waals surface area contributed by atoms with E-state index in [1.807, 2.05) is 42.5 Å². The fourth-order valence-electron chi connectivity index (χ4n) is 2.80. The summed E-state index contributed by atoms with van der Waals surface area (Å²) < 4.78 is 0. The molecule has 0 heterocycles. The van der Waals surface area contributed by atoms with Crippen molar-refractivity contribution in [2.45, 2.75) is 12.8 Å². The van der Waals surface area contributed by atoms with Crippen molar-refractivity contribution in [2.75, 3.05) is 0 Å². The van der Waals surface area contributed by atoms with E-state index in [4.69, 9.17) is 0 Å². The molecule has 0 saturated carbocycles. The van der Waals surface area contributed by atoms with Gasteiger partial charge in [0.25, 0.3) is 0 Å². The van der Waals surface area contributed by atoms with Crippen LogP contribution in [0.1, 0.15) is 29.5 Å². The molecule has 2 heteroatoms. The summed E-state index contributed by atoms with van der Waals surface area (Å²) in [5.74, 6) is 0.561. The Hall–Kier alpha value is -3.00. The maximum absolute atomic E-state index is 9.56. The van der Waals surface area contributed by atoms with Crippen LogP contribution in [0.5, 0.6) is 11.5 Å². The van der Waals surface area contributed by atoms with Gasteiger partial charge < -0.3 is 10.2 Å². The van der Waals surface area contributed by atoms with Gasteiger partial charge in [-0.3, -0.25) is 0 Å². The zero-order valence-electron chi connectivity index (χ0n) is 13.6. The third-order valence-corrected chi connectivity index (χ3v) is 4.15. The summed E-state index contributed by atoms with van der Waals surface area (Å²) in [5, 5.41) is 19.1. The van der Waals surface area contributed by atoms with Gasteiger partial charge in [-0.25, -0.2) is 0 Å². The lowest BCUT2D eigenvalue weighted by Gasteiger charge is -2.16. The molecule has 0 spiro atoms. The number of hydrogen-bond acceptors (Lipinski definition) is 2. The van der Waals surface area contributed by atoms with Crippen LogP contribution in [-0.4, -0.2) is 10.2 Å². The maximum atomic E-state index is 9.56. The van der Waals surface area contributed by atoms with Gasteiger partial charge >= 0.3 is 0 Å². The minimum atomic E-state index is 0.0476. The second-order valence-corrected chi connectivity index (χ2v) is 5.88. The Bertz CT molecular complexity index is 771. The van der Waals surface area contributed by atoms with E-state index in [1.54, 1.807) is 24.3 Å². The lowest BCUT2D eigenvalue weighted by Crippen LogP contribution is -1.98. The number of allylic oxidation sites excluding steroid dienone is 2. The van der Waals surface area contributed by atoms with Crippen LogP contribution in [0.25, 0.3) is 5.57 Å². The molecule has 120 valence electrons. The summed E-state index contributed by atoms with van der Waals surface area (Å²) in [6.07, 6.45) is 2.22. The number of benzene rings is 3. The topological polar surface area (TPSA) is 40.5 Å². The Labute approximate surface area is 142 Å². The van der Waals surface area contributed by atoms with E-state index in [-0.39, 0.29) is 17.4 Å². The molecule has 3 aromatic rings. The SMILES string of the molecule is CC(=CC(c1ccc(O)cc1)c1ccc(O)cc1)c1ccccc1. The van der Waals surface area contributed by atoms with Gasteiger partial charge in [-0.15, -0.1) is 0 Å². The molecule has 0 atom stereocenters. The van der Waals surface area contributed by atoms with E-state index in [0.717, 1.165) is 11.1 Å². The van der Waals surface area contributed by atoms with Crippen LogP contribution in [-0.2, 0) is 0 Å². The van der Waals surface area contributed by atoms with E-state index in [1.165, 1.54) is 11.1 Å². The van der Waals surface area contributed by atoms with Gasteiger partial charge in [-0.05, 0) is 53.5 Å². The Kier molecular flexibility index (Phi) is 4.66. The predicted octanol–water partition coefficient (Wildman–Crippen LogP) is 5.33. The average molecular weight is 316 g/mol. The maximum Gasteiger partial charge on any atom is 0.115 e. The molecule has 3 aromatic carbocycles. The normalized spacial score (nSPS) is 11.7. The van der Waals surface area contributed by atoms with Crippen LogP contribution < -0.4 is 0 Å². The van der Waals surface area contributed by atoms with E-state index in [2.05, 4.69) is 25.1 Å². The number of phenolic OH excluding ortho intramolecular Hbond substituents is 2. The second-order valence-electron chi connectivity index (χ2n) is 5.88. The molecule has 0 aliphatic carbocycles. The second kappa shape index (κ2) is 7.05. The summed E-state index contributed by atoms with van der Waals surface area (Å²) in [6.45, 7) is 2.10. The van der Waals surface area contributed by atoms with Crippen molar-refractivity contribution < 1.29 is 10.2 Å². The molecule has 0 aliphatic heterocycles. The highest BCUT2D eigenvalue weighted by molar-refractivity contribution is 5.65. The van der Waals surface area contributed by atoms with Gasteiger partial charge in [0.2, 0.25) is 0 Å². The van der Waals surface area contributed by atoms with Gasteiger partial charge in [0.15, 0.2) is 0 Å². The number of rotatable bonds is 4. The standard InChI is InChI=1S/C22H20O2/c1-16(17-5-3-2-4-6-17)15-22(18-7-11-20(23)12-8-18)19-9-13-21(24)14-10-19/h2-15,22-24H,1H3. The van der Waals surface area contributed by atoms with Crippen LogP contribution in [0.4, 0.5) is 0 Å². The van der Waals surface area contributed by atoms with Crippen molar-refractivity contribution in [1.29, 1.82) is 0 Å². The van der Waals surface area contributed by atoms with Crippen molar-refractivity contribution in [3.63, 3.8) is 0 Å². The summed E-state index contributed by atoms with van der Waals surface area (Å²) in [5.41, 5.74) is 4.55. The van der Waals surface area contributed by atoms with Gasteiger partial charge in [-0.2, -0.15) is 0 Å². The summed E-state index contributed by atoms with van der Waals surface area (Å²) >= 11 is 0. The molecule has 0 unspecified atom stereocenters. The van der Waals surface area contributed by atoms with Crippen LogP contribution >= 0.6 is 0 Å². The highest BCUT2D eigenvalue weighted by Crippen LogP contribution is 2.31. The molecule has 2 nitrogen and oxygen atoms in total. The van der Waals surface area contributed by atoms with Gasteiger partial charge in [-0.1, -0.05) is 60.7 Å². The van der Waals surface area contributed by atoms with E-state index in [0.29, 0.717) is 0 Å². The summed E-state index contributed by atoms with van der Waals surface area (Å²) in [6, 6.07) is 24.8. The first-order valence-corrected chi connectivity index (χ1v) is 7.95. The molecule has 0 aliphatic rings. The van der Waals surface area contributed by atoms with Crippen molar-refractivity contribution in [2.24, 2.45) is 0 Å². The molecule has 0 aromatic heterocycles. The summed E-state index contributed by atoms with van der Waals surface area (Å²) in [4.78, 5) is 0. The summed E-state index contributed by atoms with van der Waals surface area (Å²) in [7, 11) is 0. The first kappa shape index (κ1) is 15.9. The highest BCUT2D eigenvalue weighted by atomic mass is 16.3. The van der Waals surface area contributed by atoms with Crippen molar-refractivity contribution >= 4 is 5.57 Å². The Balaban J connectivity index is 2.04. The number of hydrogen-bond donors (Lipinski definition) is 2. The van der Waals surface area contributed by atoms with E-state index in [9.17, 15) is 10.2 Å². The Morgan fingerprint density at radius 3 is 1.62 bits per heavy atom. The van der Waals surface area contributed by atoms with Crippen LogP contribution in [0.2, 0.25) is 0 Å². The van der Waals surface area contributed by atoms with Gasteiger partial charge in [0, 0.05) is 5.92 Å². The lowest BCUT2D eigenvalue weighted by atomic mass is 9.88. The van der Waals surface area contributed by atoms with E-state index >= 15 is 0 Å². The average Bonchev–Trinajstić information content (AvgIpc) is 2.62. The molecule has 0 amide bonds. The third kappa shape index (κ3) is 3.66. The minimum Gasteiger partial charge on any atom is -0.508 e. The molecule has 0 fully saturated rings. The van der Waals surface area contributed by atoms with Crippen molar-refractivity contribution in [3.8, 4) is 11.5 Å². The highest BCUT2D eigenvalue weighted by Gasteiger charge is 2.13. The third-order valence-electron chi connectivity index (χ3n) is 4.15. The fraction of sp³-hybridized carbons (Fsp3) is 0.0909. The molecule has 24 heavy (non-hydrogen) atoms. The zero-order valence-corrected chi connectivity index (χ0v) is 13.6. The van der Waals surface area contributed by atoms with Crippen molar-refractivity contribution in [1.82, 2.24) is 0 Å². The van der Waals surface area contributed by atoms with Crippen LogP contribution in [0.3, 0.4) is 0 Å². The van der Waals surface area contributed by atoms with Gasteiger partial charge in [0.05, 0.1) is 0 Å². The molecular formula is C22H20O2. The monoisotopic (exact) mass is 316 g/mol. The molecule has 2 N–H and O–H groups in total. The van der Waals surface area contributed by atoms with Crippen molar-refractivity contribution in [3.05, 3.63) is 102 Å². The number of aromatic hydroxyl groups is 2. The smallest absolute Gasteiger partial charge is 0.115 e. The van der Waals surface area contributed by atoms with E-state index < -0.39 is 0 Å². The van der Waals surface area contributed by atoms with Crippen LogP contribution in [0, 0.1) is 0 Å². The Morgan fingerprint density at radius 2 is 1.17 bits per heavy atom. The molecule has 0 radical (unpaired) electrons. The molecule has 0 bridgehead atoms. The first-order valence-electron chi connectivity index (χ1n) is 7.95.